The van der Waals surface area contributed by atoms with E-state index < -0.39 is 57.8 Å². The summed E-state index contributed by atoms with van der Waals surface area (Å²) in [5, 5.41) is 46.3. The number of rotatable bonds is 14. The number of hydrogen-bond donors (Lipinski definition) is 4. The van der Waals surface area contributed by atoms with Gasteiger partial charge in [0.2, 0.25) is 0 Å². The number of ether oxygens (including phenoxy) is 1. The topological polar surface area (TPSA) is 124 Å². The van der Waals surface area contributed by atoms with E-state index in [1.54, 1.807) is 32.9 Å². The summed E-state index contributed by atoms with van der Waals surface area (Å²) in [6.07, 6.45) is 15.3. The van der Waals surface area contributed by atoms with Gasteiger partial charge in [0.05, 0.1) is 12.2 Å². The molecule has 3 aliphatic carbocycles. The Kier molecular flexibility index (Phi) is 11.1. The highest BCUT2D eigenvalue weighted by Crippen LogP contribution is 2.62. The molecular weight excluding hydrogens is 520 g/mol. The largest absolute Gasteiger partial charge is 0.459 e. The average molecular weight is 577 g/mol. The van der Waals surface area contributed by atoms with Crippen molar-refractivity contribution in [1.29, 1.82) is 0 Å². The van der Waals surface area contributed by atoms with E-state index >= 15 is 0 Å². The molecule has 7 nitrogen and oxygen atoms in total. The fourth-order valence-corrected chi connectivity index (χ4v) is 7.84. The first-order chi connectivity index (χ1) is 19.2. The molecule has 0 saturated heterocycles. The predicted molar refractivity (Wildman–Crippen MR) is 160 cm³/mol. The molecule has 4 N–H and O–H groups in total. The summed E-state index contributed by atoms with van der Waals surface area (Å²) in [7, 11) is 0. The molecule has 41 heavy (non-hydrogen) atoms. The number of carbonyl (C=O) groups is 2. The summed E-state index contributed by atoms with van der Waals surface area (Å²) in [5.41, 5.74) is -5.40. The third-order valence-corrected chi connectivity index (χ3v) is 10.8. The zero-order valence-electron chi connectivity index (χ0n) is 26.4. The van der Waals surface area contributed by atoms with Crippen molar-refractivity contribution in [3.8, 4) is 0 Å². The van der Waals surface area contributed by atoms with Gasteiger partial charge in [0, 0.05) is 36.0 Å². The van der Waals surface area contributed by atoms with Crippen LogP contribution in [0.3, 0.4) is 0 Å². The van der Waals surface area contributed by atoms with Gasteiger partial charge in [0.1, 0.15) is 17.3 Å². The first kappa shape index (κ1) is 34.0. The van der Waals surface area contributed by atoms with E-state index in [-0.39, 0.29) is 19.4 Å². The number of aliphatic hydroxyl groups excluding tert-OH is 1. The second-order valence-corrected chi connectivity index (χ2v) is 14.0. The summed E-state index contributed by atoms with van der Waals surface area (Å²) in [6.45, 7) is 10.4. The van der Waals surface area contributed by atoms with Gasteiger partial charge in [0.25, 0.3) is 0 Å². The minimum absolute atomic E-state index is 0.103. The Bertz CT molecular complexity index is 995. The number of unbranched alkanes of at least 4 members (excludes halogenated alkanes) is 10. The van der Waals surface area contributed by atoms with Gasteiger partial charge in [-0.25, -0.2) is 0 Å². The Morgan fingerprint density at radius 3 is 1.98 bits per heavy atom. The molecule has 0 bridgehead atoms. The van der Waals surface area contributed by atoms with E-state index in [1.807, 2.05) is 13.8 Å². The quantitative estimate of drug-likeness (QED) is 0.121. The van der Waals surface area contributed by atoms with Crippen molar-refractivity contribution in [3.05, 3.63) is 23.3 Å². The summed E-state index contributed by atoms with van der Waals surface area (Å²) in [4.78, 5) is 26.2. The molecular formula is C34H56O7. The maximum absolute atomic E-state index is 13.2. The van der Waals surface area contributed by atoms with Crippen LogP contribution in [-0.2, 0) is 14.3 Å². The Morgan fingerprint density at radius 2 is 1.44 bits per heavy atom. The molecule has 0 radical (unpaired) electrons. The monoisotopic (exact) mass is 576 g/mol. The molecule has 0 heterocycles. The van der Waals surface area contributed by atoms with Gasteiger partial charge in [0.15, 0.2) is 5.78 Å². The van der Waals surface area contributed by atoms with Crippen LogP contribution in [0.4, 0.5) is 0 Å². The Hall–Kier alpha value is -1.54. The third kappa shape index (κ3) is 6.39. The Balaban J connectivity index is 1.69. The molecule has 0 unspecified atom stereocenters. The maximum atomic E-state index is 13.2. The SMILES string of the molecule is CCCCCCCCCCCCCC(=O)O[C@@H]1[C@@H](C)[C@@]2(O)[C@@H](C=C(CO)C[C@]3(O)C(=O)C(C)=C[C@@H]23)C(C)(C)[C@]1(C)O. The zero-order valence-corrected chi connectivity index (χ0v) is 26.4. The molecule has 1 fully saturated rings. The lowest BCUT2D eigenvalue weighted by molar-refractivity contribution is -0.284. The number of ketones is 1. The van der Waals surface area contributed by atoms with Gasteiger partial charge in [-0.3, -0.25) is 9.59 Å². The fraction of sp³-hybridized carbons (Fsp3) is 0.824. The molecule has 7 heteroatoms. The summed E-state index contributed by atoms with van der Waals surface area (Å²) >= 11 is 0. The number of aliphatic hydroxyl groups is 4. The average Bonchev–Trinajstić information content (AvgIpc) is 3.08. The van der Waals surface area contributed by atoms with Crippen molar-refractivity contribution in [2.24, 2.45) is 23.2 Å². The molecule has 7 atom stereocenters. The molecule has 234 valence electrons. The van der Waals surface area contributed by atoms with Crippen LogP contribution in [0.1, 0.15) is 125 Å². The highest BCUT2D eigenvalue weighted by Gasteiger charge is 2.72. The number of fused-ring (bicyclic) bond motifs is 3. The van der Waals surface area contributed by atoms with E-state index in [4.69, 9.17) is 4.74 Å². The lowest BCUT2D eigenvalue weighted by atomic mass is 9.47. The number of carbonyl (C=O) groups excluding carboxylic acids is 2. The molecule has 3 rings (SSSR count). The standard InChI is InChI=1S/C34H56O7/c1-7-8-9-10-11-12-13-14-15-16-17-18-28(36)41-30-24(3)34(40)26(31(4,5)32(30,6)38)20-25(22-35)21-33(39)27(34)19-23(2)29(33)37/h19-20,24,26-27,30,35,38-40H,7-18,21-22H2,1-6H3/t24-,26+,27-,30-,32-,33-,34-/m1/s1. The fourth-order valence-electron chi connectivity index (χ4n) is 7.84. The number of Topliss-reactive ketones (excluding diaryl/α,β-unsaturated/α-hetero) is 1. The van der Waals surface area contributed by atoms with E-state index in [9.17, 15) is 30.0 Å². The van der Waals surface area contributed by atoms with Crippen LogP contribution in [0.25, 0.3) is 0 Å². The Morgan fingerprint density at radius 1 is 0.902 bits per heavy atom. The number of hydrogen-bond acceptors (Lipinski definition) is 7. The minimum Gasteiger partial charge on any atom is -0.459 e. The van der Waals surface area contributed by atoms with E-state index in [1.165, 1.54) is 51.4 Å². The lowest BCUT2D eigenvalue weighted by Gasteiger charge is -2.63. The smallest absolute Gasteiger partial charge is 0.306 e. The van der Waals surface area contributed by atoms with Gasteiger partial charge in [-0.1, -0.05) is 104 Å². The first-order valence-corrected chi connectivity index (χ1v) is 16.1. The van der Waals surface area contributed by atoms with E-state index in [0.717, 1.165) is 12.8 Å². The molecule has 0 aromatic carbocycles. The summed E-state index contributed by atoms with van der Waals surface area (Å²) in [5.74, 6) is -3.40. The van der Waals surface area contributed by atoms with E-state index in [0.29, 0.717) is 17.6 Å². The first-order valence-electron chi connectivity index (χ1n) is 16.1. The molecule has 0 spiro atoms. The van der Waals surface area contributed by atoms with Crippen LogP contribution in [0.2, 0.25) is 0 Å². The van der Waals surface area contributed by atoms with Crippen molar-refractivity contribution in [2.45, 2.75) is 148 Å². The van der Waals surface area contributed by atoms with Crippen LogP contribution < -0.4 is 0 Å². The van der Waals surface area contributed by atoms with Gasteiger partial charge in [-0.2, -0.15) is 0 Å². The van der Waals surface area contributed by atoms with Gasteiger partial charge in [-0.05, 0) is 31.4 Å². The third-order valence-electron chi connectivity index (χ3n) is 10.8. The highest BCUT2D eigenvalue weighted by molar-refractivity contribution is 6.04. The molecule has 0 aliphatic heterocycles. The Labute approximate surface area is 247 Å². The zero-order chi connectivity index (χ0) is 30.6. The summed E-state index contributed by atoms with van der Waals surface area (Å²) < 4.78 is 5.98. The van der Waals surface area contributed by atoms with Crippen LogP contribution >= 0.6 is 0 Å². The normalized spacial score (nSPS) is 36.2. The van der Waals surface area contributed by atoms with Gasteiger partial charge < -0.3 is 25.2 Å². The van der Waals surface area contributed by atoms with Crippen molar-refractivity contribution in [1.82, 2.24) is 0 Å². The van der Waals surface area contributed by atoms with Crippen molar-refractivity contribution >= 4 is 11.8 Å². The lowest BCUT2D eigenvalue weighted by Crippen LogP contribution is -2.74. The minimum atomic E-state index is -1.92. The van der Waals surface area contributed by atoms with Crippen LogP contribution in [-0.4, -0.2) is 61.7 Å². The molecule has 0 aromatic rings. The van der Waals surface area contributed by atoms with Crippen LogP contribution in [0.15, 0.2) is 23.3 Å². The van der Waals surface area contributed by atoms with Crippen molar-refractivity contribution in [2.75, 3.05) is 6.61 Å². The molecule has 1 saturated carbocycles. The maximum Gasteiger partial charge on any atom is 0.306 e. The summed E-state index contributed by atoms with van der Waals surface area (Å²) in [6, 6.07) is 0. The highest BCUT2D eigenvalue weighted by atomic mass is 16.6. The van der Waals surface area contributed by atoms with Gasteiger partial charge >= 0.3 is 5.97 Å². The molecule has 0 amide bonds. The number of esters is 1. The van der Waals surface area contributed by atoms with Crippen molar-refractivity contribution in [3.63, 3.8) is 0 Å². The van der Waals surface area contributed by atoms with Crippen LogP contribution in [0.5, 0.6) is 0 Å². The van der Waals surface area contributed by atoms with Gasteiger partial charge in [-0.15, -0.1) is 0 Å². The van der Waals surface area contributed by atoms with Crippen molar-refractivity contribution < 1.29 is 34.8 Å². The van der Waals surface area contributed by atoms with Crippen LogP contribution in [0, 0.1) is 23.2 Å². The predicted octanol–water partition coefficient (Wildman–Crippen LogP) is 5.57. The second kappa shape index (κ2) is 13.4. The molecule has 3 aliphatic rings. The molecule has 0 aromatic heterocycles. The van der Waals surface area contributed by atoms with E-state index in [2.05, 4.69) is 6.92 Å². The second-order valence-electron chi connectivity index (χ2n) is 14.0.